The van der Waals surface area contributed by atoms with E-state index in [-0.39, 0.29) is 0 Å². The third-order valence-electron chi connectivity index (χ3n) is 3.14. The van der Waals surface area contributed by atoms with Crippen LogP contribution in [0.2, 0.25) is 0 Å². The fourth-order valence-corrected chi connectivity index (χ4v) is 2.06. The van der Waals surface area contributed by atoms with Gasteiger partial charge in [-0.15, -0.1) is 0 Å². The Morgan fingerprint density at radius 1 is 1.29 bits per heavy atom. The molecule has 0 bridgehead atoms. The van der Waals surface area contributed by atoms with Crippen molar-refractivity contribution < 1.29 is 18.4 Å². The number of methoxy groups -OCH3 is 1. The van der Waals surface area contributed by atoms with Crippen molar-refractivity contribution in [2.45, 2.75) is 13.2 Å². The normalized spacial score (nSPS) is 10.4. The fraction of sp³-hybridized carbons (Fsp3) is 0.188. The minimum Gasteiger partial charge on any atom is -0.497 e. The van der Waals surface area contributed by atoms with Gasteiger partial charge in [0.2, 0.25) is 5.89 Å². The Balaban J connectivity index is 1.51. The van der Waals surface area contributed by atoms with Gasteiger partial charge in [0, 0.05) is 0 Å². The molecule has 1 N–H and O–H groups in total. The largest absolute Gasteiger partial charge is 0.497 e. The van der Waals surface area contributed by atoms with Gasteiger partial charge in [-0.25, -0.2) is 4.98 Å². The Kier molecular flexibility index (Phi) is 5.07. The Labute approximate surface area is 143 Å². The molecular weight excluding hydrogens is 330 g/mol. The van der Waals surface area contributed by atoms with E-state index in [4.69, 9.17) is 30.6 Å². The molecule has 1 aromatic carbocycles. The summed E-state index contributed by atoms with van der Waals surface area (Å²) in [5.41, 5.74) is 0.991. The SMILES string of the molecule is COc1ccc(COc2cc(C(=S)NCc3ncco3)on2)cc1. The van der Waals surface area contributed by atoms with Crippen LogP contribution in [0.5, 0.6) is 11.6 Å². The number of hydrogen-bond acceptors (Lipinski definition) is 7. The molecule has 3 aromatic rings. The van der Waals surface area contributed by atoms with E-state index in [1.165, 1.54) is 6.26 Å². The predicted molar refractivity (Wildman–Crippen MR) is 88.9 cm³/mol. The van der Waals surface area contributed by atoms with Crippen LogP contribution < -0.4 is 14.8 Å². The predicted octanol–water partition coefficient (Wildman–Crippen LogP) is 2.72. The summed E-state index contributed by atoms with van der Waals surface area (Å²) in [5.74, 6) is 2.11. The molecule has 0 atom stereocenters. The molecule has 24 heavy (non-hydrogen) atoms. The van der Waals surface area contributed by atoms with Gasteiger partial charge in [-0.05, 0) is 22.9 Å². The first-order valence-corrected chi connectivity index (χ1v) is 7.54. The molecular formula is C16H15N3O4S. The van der Waals surface area contributed by atoms with Gasteiger partial charge in [-0.1, -0.05) is 24.4 Å². The third-order valence-corrected chi connectivity index (χ3v) is 3.49. The Bertz CT molecular complexity index is 784. The maximum Gasteiger partial charge on any atom is 0.255 e. The van der Waals surface area contributed by atoms with E-state index in [9.17, 15) is 0 Å². The summed E-state index contributed by atoms with van der Waals surface area (Å²) in [6.07, 6.45) is 3.07. The molecule has 0 amide bonds. The lowest BCUT2D eigenvalue weighted by atomic mass is 10.2. The summed E-state index contributed by atoms with van der Waals surface area (Å²) in [6.45, 7) is 0.737. The molecule has 0 aliphatic heterocycles. The highest BCUT2D eigenvalue weighted by Gasteiger charge is 2.11. The van der Waals surface area contributed by atoms with Gasteiger partial charge in [-0.3, -0.25) is 0 Å². The zero-order chi connectivity index (χ0) is 16.8. The van der Waals surface area contributed by atoms with Crippen LogP contribution in [0.15, 0.2) is 51.7 Å². The smallest absolute Gasteiger partial charge is 0.255 e. The zero-order valence-electron chi connectivity index (χ0n) is 12.9. The topological polar surface area (TPSA) is 82.5 Å². The number of oxazole rings is 1. The fourth-order valence-electron chi connectivity index (χ4n) is 1.90. The van der Waals surface area contributed by atoms with Gasteiger partial charge >= 0.3 is 0 Å². The van der Waals surface area contributed by atoms with E-state index >= 15 is 0 Å². The van der Waals surface area contributed by atoms with Crippen LogP contribution in [0.1, 0.15) is 17.2 Å². The number of thiocarbonyl (C=S) groups is 1. The standard InChI is InChI=1S/C16H15N3O4S/c1-20-12-4-2-11(3-5-12)10-22-14-8-13(23-19-14)16(24)18-9-15-17-6-7-21-15/h2-8H,9-10H2,1H3,(H,18,24). The molecule has 2 heterocycles. The molecule has 7 nitrogen and oxygen atoms in total. The van der Waals surface area contributed by atoms with E-state index < -0.39 is 0 Å². The van der Waals surface area contributed by atoms with Crippen molar-refractivity contribution in [3.63, 3.8) is 0 Å². The summed E-state index contributed by atoms with van der Waals surface area (Å²) in [7, 11) is 1.63. The quantitative estimate of drug-likeness (QED) is 0.655. The monoisotopic (exact) mass is 345 g/mol. The van der Waals surface area contributed by atoms with Crippen molar-refractivity contribution >= 4 is 17.2 Å². The second-order valence-corrected chi connectivity index (χ2v) is 5.18. The van der Waals surface area contributed by atoms with E-state index in [0.29, 0.717) is 35.7 Å². The molecule has 124 valence electrons. The third kappa shape index (κ3) is 4.11. The lowest BCUT2D eigenvalue weighted by molar-refractivity contribution is 0.268. The average Bonchev–Trinajstić information content (AvgIpc) is 3.30. The number of ether oxygens (including phenoxy) is 2. The maximum absolute atomic E-state index is 5.58. The average molecular weight is 345 g/mol. The first-order chi connectivity index (χ1) is 11.7. The Morgan fingerprint density at radius 3 is 2.83 bits per heavy atom. The van der Waals surface area contributed by atoms with E-state index in [2.05, 4.69) is 15.5 Å². The van der Waals surface area contributed by atoms with Crippen LogP contribution in [-0.4, -0.2) is 22.2 Å². The number of benzene rings is 1. The van der Waals surface area contributed by atoms with Crippen molar-refractivity contribution in [2.24, 2.45) is 0 Å². The van der Waals surface area contributed by atoms with E-state index in [0.717, 1.165) is 11.3 Å². The molecule has 0 unspecified atom stereocenters. The van der Waals surface area contributed by atoms with Crippen molar-refractivity contribution in [2.75, 3.05) is 7.11 Å². The van der Waals surface area contributed by atoms with Gasteiger partial charge in [0.1, 0.15) is 23.6 Å². The molecule has 0 saturated heterocycles. The van der Waals surface area contributed by atoms with Crippen LogP contribution in [0, 0.1) is 0 Å². The summed E-state index contributed by atoms with van der Waals surface area (Å²) in [5, 5.41) is 6.82. The second-order valence-electron chi connectivity index (χ2n) is 4.77. The molecule has 0 spiro atoms. The van der Waals surface area contributed by atoms with Gasteiger partial charge in [0.25, 0.3) is 5.88 Å². The number of nitrogens with one attached hydrogen (secondary N) is 1. The van der Waals surface area contributed by atoms with Crippen LogP contribution in [0.4, 0.5) is 0 Å². The molecule has 0 fully saturated rings. The van der Waals surface area contributed by atoms with Crippen molar-refractivity contribution in [1.82, 2.24) is 15.5 Å². The number of rotatable bonds is 7. The van der Waals surface area contributed by atoms with Crippen LogP contribution >= 0.6 is 12.2 Å². The number of nitrogens with zero attached hydrogens (tertiary/aromatic N) is 2. The van der Waals surface area contributed by atoms with Gasteiger partial charge in [0.05, 0.1) is 25.9 Å². The second kappa shape index (κ2) is 7.60. The van der Waals surface area contributed by atoms with Crippen LogP contribution in [0.25, 0.3) is 0 Å². The van der Waals surface area contributed by atoms with E-state index in [1.54, 1.807) is 19.4 Å². The minimum absolute atomic E-state index is 0.362. The molecule has 0 aliphatic rings. The summed E-state index contributed by atoms with van der Waals surface area (Å²) >= 11 is 5.23. The summed E-state index contributed by atoms with van der Waals surface area (Å²) < 4.78 is 21.0. The molecule has 8 heteroatoms. The molecule has 0 aliphatic carbocycles. The summed E-state index contributed by atoms with van der Waals surface area (Å²) in [4.78, 5) is 4.40. The van der Waals surface area contributed by atoms with Gasteiger partial charge in [0.15, 0.2) is 5.76 Å². The highest BCUT2D eigenvalue weighted by Crippen LogP contribution is 2.16. The molecule has 2 aromatic heterocycles. The maximum atomic E-state index is 5.58. The molecule has 3 rings (SSSR count). The van der Waals surface area contributed by atoms with Crippen molar-refractivity contribution in [1.29, 1.82) is 0 Å². The minimum atomic E-state index is 0.362. The van der Waals surface area contributed by atoms with Gasteiger partial charge < -0.3 is 23.7 Å². The van der Waals surface area contributed by atoms with Crippen molar-refractivity contribution in [3.05, 3.63) is 60.0 Å². The lowest BCUT2D eigenvalue weighted by Crippen LogP contribution is -2.21. The zero-order valence-corrected chi connectivity index (χ0v) is 13.7. The molecule has 0 saturated carbocycles. The summed E-state index contributed by atoms with van der Waals surface area (Å²) in [6, 6.07) is 9.21. The highest BCUT2D eigenvalue weighted by atomic mass is 32.1. The lowest BCUT2D eigenvalue weighted by Gasteiger charge is -2.03. The van der Waals surface area contributed by atoms with Crippen LogP contribution in [-0.2, 0) is 13.2 Å². The van der Waals surface area contributed by atoms with Crippen LogP contribution in [0.3, 0.4) is 0 Å². The first kappa shape index (κ1) is 16.0. The van der Waals surface area contributed by atoms with E-state index in [1.807, 2.05) is 24.3 Å². The van der Waals surface area contributed by atoms with Crippen molar-refractivity contribution in [3.8, 4) is 11.6 Å². The highest BCUT2D eigenvalue weighted by molar-refractivity contribution is 7.80. The number of aromatic nitrogens is 2. The van der Waals surface area contributed by atoms with Gasteiger partial charge in [-0.2, -0.15) is 0 Å². The Morgan fingerprint density at radius 2 is 2.12 bits per heavy atom. The molecule has 0 radical (unpaired) electrons. The first-order valence-electron chi connectivity index (χ1n) is 7.13. The number of hydrogen-bond donors (Lipinski definition) is 1. The Hall–Kier alpha value is -2.87.